The third kappa shape index (κ3) is 7.08. The number of hydrogen-bond acceptors (Lipinski definition) is 6. The van der Waals surface area contributed by atoms with Gasteiger partial charge in [0.25, 0.3) is 11.4 Å². The molecule has 0 saturated carbocycles. The van der Waals surface area contributed by atoms with Gasteiger partial charge in [-0.25, -0.2) is 0 Å². The Morgan fingerprint density at radius 3 is 1.42 bits per heavy atom. The van der Waals surface area contributed by atoms with Gasteiger partial charge in [-0.1, -0.05) is 127 Å². The van der Waals surface area contributed by atoms with Crippen molar-refractivity contribution in [1.82, 2.24) is 0 Å². The van der Waals surface area contributed by atoms with Gasteiger partial charge < -0.3 is 10.0 Å². The molecule has 0 bridgehead atoms. The Bertz CT molecular complexity index is 2520. The summed E-state index contributed by atoms with van der Waals surface area (Å²) in [6.07, 6.45) is 0. The highest BCUT2D eigenvalue weighted by Gasteiger charge is 2.18. The molecule has 0 spiro atoms. The number of benzene rings is 8. The van der Waals surface area contributed by atoms with Crippen LogP contribution in [-0.2, 0) is 0 Å². The predicted octanol–water partition coefficient (Wildman–Crippen LogP) is 9.60. The van der Waals surface area contributed by atoms with Crippen LogP contribution < -0.4 is 5.46 Å². The van der Waals surface area contributed by atoms with Crippen LogP contribution in [0, 0.1) is 20.2 Å². The van der Waals surface area contributed by atoms with Gasteiger partial charge in [0.05, 0.1) is 19.9 Å². The van der Waals surface area contributed by atoms with Gasteiger partial charge in [-0.05, 0) is 88.2 Å². The van der Waals surface area contributed by atoms with E-state index in [-0.39, 0.29) is 16.3 Å². The number of halogens is 1. The number of fused-ring (bicyclic) bond motifs is 6. The molecule has 0 radical (unpaired) electrons. The van der Waals surface area contributed by atoms with E-state index in [9.17, 15) is 30.3 Å². The van der Waals surface area contributed by atoms with E-state index in [0.717, 1.165) is 48.7 Å². The lowest BCUT2D eigenvalue weighted by molar-refractivity contribution is -0.385. The molecule has 50 heavy (non-hydrogen) atoms. The molecule has 0 heterocycles. The van der Waals surface area contributed by atoms with Gasteiger partial charge in [0.15, 0.2) is 0 Å². The van der Waals surface area contributed by atoms with Crippen LogP contribution in [0.2, 0.25) is 0 Å². The second-order valence-electron chi connectivity index (χ2n) is 11.3. The van der Waals surface area contributed by atoms with Crippen LogP contribution in [0.1, 0.15) is 0 Å². The van der Waals surface area contributed by atoms with Crippen LogP contribution in [0.15, 0.2) is 162 Å². The molecule has 0 saturated heterocycles. The third-order valence-electron chi connectivity index (χ3n) is 8.29. The fraction of sp³-hybridized carbons (Fsp3) is 0. The Hall–Kier alpha value is -5.94. The molecule has 8 nitrogen and oxygen atoms in total. The summed E-state index contributed by atoms with van der Waals surface area (Å²) in [5.74, 6) is 0. The summed E-state index contributed by atoms with van der Waals surface area (Å²) in [5, 5.41) is 48.9. The van der Waals surface area contributed by atoms with E-state index in [1.54, 1.807) is 30.3 Å². The van der Waals surface area contributed by atoms with Gasteiger partial charge in [0.2, 0.25) is 0 Å². The Balaban J connectivity index is 0.000000141. The number of nitro groups is 2. The van der Waals surface area contributed by atoms with Crippen LogP contribution in [0.3, 0.4) is 0 Å². The Morgan fingerprint density at radius 1 is 0.460 bits per heavy atom. The standard InChI is InChI=1S/C20H13NO2.C14H11BO2.C6H4BrNO2/c22-21(23)20-12-6-5-11-18(20)19-13-14-7-1-2-8-15(14)16-9-3-4-10-17(16)19;16-15(17)14-9-10-5-1-2-6-11(10)12-7-3-4-8-13(12)14;7-5-3-1-2-4-6(5)8(9)10/h1-13H;1-9,16-17H;1-4H. The van der Waals surface area contributed by atoms with Crippen molar-refractivity contribution in [2.24, 2.45) is 0 Å². The van der Waals surface area contributed by atoms with Crippen molar-refractivity contribution < 1.29 is 19.9 Å². The van der Waals surface area contributed by atoms with Gasteiger partial charge in [-0.3, -0.25) is 20.2 Å². The molecule has 8 aromatic rings. The highest BCUT2D eigenvalue weighted by Crippen LogP contribution is 2.38. The predicted molar refractivity (Wildman–Crippen MR) is 206 cm³/mol. The highest BCUT2D eigenvalue weighted by molar-refractivity contribution is 9.10. The van der Waals surface area contributed by atoms with Gasteiger partial charge in [-0.15, -0.1) is 0 Å². The minimum absolute atomic E-state index is 0.0995. The SMILES string of the molecule is O=[N+]([O-])c1ccccc1-c1cc2ccccc2c2ccccc12.O=[N+]([O-])c1ccccc1Br.OB(O)c1cc2ccccc2c2ccccc12. The summed E-state index contributed by atoms with van der Waals surface area (Å²) in [4.78, 5) is 20.9. The number of nitrogens with zero attached hydrogens (tertiary/aromatic N) is 2. The van der Waals surface area contributed by atoms with Crippen molar-refractivity contribution in [3.63, 3.8) is 0 Å². The maximum absolute atomic E-state index is 11.4. The molecule has 0 aliphatic carbocycles. The maximum atomic E-state index is 11.4. The molecule has 244 valence electrons. The number of nitro benzene ring substituents is 2. The Morgan fingerprint density at radius 2 is 0.880 bits per heavy atom. The minimum atomic E-state index is -1.44. The van der Waals surface area contributed by atoms with Gasteiger partial charge >= 0.3 is 7.12 Å². The van der Waals surface area contributed by atoms with Crippen LogP contribution in [0.4, 0.5) is 11.4 Å². The average Bonchev–Trinajstić information content (AvgIpc) is 3.14. The van der Waals surface area contributed by atoms with E-state index in [0.29, 0.717) is 15.5 Å². The molecular formula is C40H28BBrN2O6. The first-order valence-corrected chi connectivity index (χ1v) is 16.3. The molecule has 0 unspecified atom stereocenters. The maximum Gasteiger partial charge on any atom is 0.489 e. The van der Waals surface area contributed by atoms with Crippen LogP contribution in [0.5, 0.6) is 0 Å². The first-order valence-electron chi connectivity index (χ1n) is 15.5. The Kier molecular flexibility index (Phi) is 10.2. The van der Waals surface area contributed by atoms with Crippen molar-refractivity contribution in [2.75, 3.05) is 0 Å². The third-order valence-corrected chi connectivity index (χ3v) is 8.96. The second kappa shape index (κ2) is 15.1. The first kappa shape index (κ1) is 33.9. The summed E-state index contributed by atoms with van der Waals surface area (Å²) in [7, 11) is -1.44. The average molecular weight is 723 g/mol. The second-order valence-corrected chi connectivity index (χ2v) is 12.1. The molecular weight excluding hydrogens is 695 g/mol. The normalized spacial score (nSPS) is 10.6. The van der Waals surface area contributed by atoms with Crippen molar-refractivity contribution in [1.29, 1.82) is 0 Å². The summed E-state index contributed by atoms with van der Waals surface area (Å²) in [6, 6.07) is 49.2. The highest BCUT2D eigenvalue weighted by atomic mass is 79.9. The van der Waals surface area contributed by atoms with E-state index < -0.39 is 12.0 Å². The lowest BCUT2D eigenvalue weighted by atomic mass is 9.76. The summed E-state index contributed by atoms with van der Waals surface area (Å²) >= 11 is 3.06. The van der Waals surface area contributed by atoms with Crippen molar-refractivity contribution in [3.8, 4) is 11.1 Å². The van der Waals surface area contributed by atoms with Crippen molar-refractivity contribution >= 4 is 83.0 Å². The summed E-state index contributed by atoms with van der Waals surface area (Å²) in [5.41, 5.74) is 2.33. The summed E-state index contributed by atoms with van der Waals surface area (Å²) < 4.78 is 0.514. The Labute approximate surface area is 295 Å². The van der Waals surface area contributed by atoms with E-state index >= 15 is 0 Å². The first-order chi connectivity index (χ1) is 24.2. The smallest absolute Gasteiger partial charge is 0.423 e. The molecule has 0 atom stereocenters. The van der Waals surface area contributed by atoms with Crippen molar-refractivity contribution in [3.05, 3.63) is 182 Å². The molecule has 0 aliphatic heterocycles. The fourth-order valence-corrected chi connectivity index (χ4v) is 6.46. The zero-order chi connectivity index (χ0) is 35.2. The van der Waals surface area contributed by atoms with Crippen molar-refractivity contribution in [2.45, 2.75) is 0 Å². The lowest BCUT2D eigenvalue weighted by Crippen LogP contribution is -2.30. The number of rotatable bonds is 4. The van der Waals surface area contributed by atoms with Gasteiger partial charge in [0, 0.05) is 12.1 Å². The van der Waals surface area contributed by atoms with Crippen LogP contribution in [0.25, 0.3) is 54.2 Å². The molecule has 0 aliphatic rings. The molecule has 8 aromatic carbocycles. The number of hydrogen-bond donors (Lipinski definition) is 2. The molecule has 2 N–H and O–H groups in total. The monoisotopic (exact) mass is 722 g/mol. The fourth-order valence-electron chi connectivity index (χ4n) is 6.03. The molecule has 10 heteroatoms. The van der Waals surface area contributed by atoms with E-state index in [2.05, 4.69) is 28.1 Å². The van der Waals surface area contributed by atoms with Gasteiger partial charge in [-0.2, -0.15) is 0 Å². The zero-order valence-electron chi connectivity index (χ0n) is 26.4. The molecule has 8 rings (SSSR count). The van der Waals surface area contributed by atoms with Crippen LogP contribution >= 0.6 is 15.9 Å². The minimum Gasteiger partial charge on any atom is -0.423 e. The zero-order valence-corrected chi connectivity index (χ0v) is 28.0. The quantitative estimate of drug-likeness (QED) is 0.0806. The molecule has 0 fully saturated rings. The van der Waals surface area contributed by atoms with E-state index in [1.165, 1.54) is 6.07 Å². The van der Waals surface area contributed by atoms with Crippen LogP contribution in [-0.4, -0.2) is 27.0 Å². The molecule has 0 amide bonds. The lowest BCUT2D eigenvalue weighted by Gasteiger charge is -2.11. The largest absolute Gasteiger partial charge is 0.489 e. The van der Waals surface area contributed by atoms with Gasteiger partial charge in [0.1, 0.15) is 0 Å². The summed E-state index contributed by atoms with van der Waals surface area (Å²) in [6.45, 7) is 0. The molecule has 0 aromatic heterocycles. The van der Waals surface area contributed by atoms with E-state index in [1.807, 2.05) is 109 Å². The topological polar surface area (TPSA) is 127 Å². The number of para-hydroxylation sites is 2. The van der Waals surface area contributed by atoms with E-state index in [4.69, 9.17) is 0 Å².